The Morgan fingerprint density at radius 1 is 1.00 bits per heavy atom. The summed E-state index contributed by atoms with van der Waals surface area (Å²) < 4.78 is 3.31. The zero-order valence-electron chi connectivity index (χ0n) is 13.5. The van der Waals surface area contributed by atoms with E-state index in [1.165, 1.54) is 25.0 Å². The molecule has 3 heterocycles. The molecule has 1 aromatic carbocycles. The molecule has 0 atom stereocenters. The van der Waals surface area contributed by atoms with Crippen molar-refractivity contribution in [3.63, 3.8) is 0 Å². The fraction of sp³-hybridized carbons (Fsp3) is 0.118. The number of carbonyl (C=O) groups excluding carboxylic acids is 1. The summed E-state index contributed by atoms with van der Waals surface area (Å²) in [5.41, 5.74) is -0.0115. The molecule has 0 aliphatic heterocycles. The molecule has 0 bridgehead atoms. The lowest BCUT2D eigenvalue weighted by molar-refractivity contribution is 0.0959. The molecule has 124 valence electrons. The van der Waals surface area contributed by atoms with Crippen molar-refractivity contribution in [2.24, 2.45) is 14.1 Å². The second-order valence-corrected chi connectivity index (χ2v) is 5.69. The fourth-order valence-corrected chi connectivity index (χ4v) is 2.81. The van der Waals surface area contributed by atoms with Gasteiger partial charge in [-0.2, -0.15) is 0 Å². The van der Waals surface area contributed by atoms with Crippen molar-refractivity contribution < 1.29 is 4.79 Å². The highest BCUT2D eigenvalue weighted by atomic mass is 16.2. The average molecular weight is 335 g/mol. The molecule has 0 saturated carbocycles. The van der Waals surface area contributed by atoms with Crippen LogP contribution in [-0.2, 0) is 14.1 Å². The predicted molar refractivity (Wildman–Crippen MR) is 91.7 cm³/mol. The van der Waals surface area contributed by atoms with Crippen molar-refractivity contribution in [3.8, 4) is 0 Å². The number of fused-ring (bicyclic) bond motifs is 2. The molecule has 8 heteroatoms. The van der Waals surface area contributed by atoms with Gasteiger partial charge in [0, 0.05) is 19.5 Å². The van der Waals surface area contributed by atoms with Gasteiger partial charge in [0.2, 0.25) is 0 Å². The summed E-state index contributed by atoms with van der Waals surface area (Å²) in [6.45, 7) is 0. The molecule has 0 radical (unpaired) electrons. The summed E-state index contributed by atoms with van der Waals surface area (Å²) in [7, 11) is 2.86. The smallest absolute Gasteiger partial charge is 0.279 e. The molecule has 0 aliphatic carbocycles. The minimum Gasteiger partial charge on any atom is -0.279 e. The standard InChI is InChI=1S/C17H13N5O3/c1-20-14-13(16(24)21(2)17(20)25)22(9-18-14)15(23)12-8-7-10-5-3-4-6-11(10)19-12/h3-9H,1-2H3. The molecule has 25 heavy (non-hydrogen) atoms. The van der Waals surface area contributed by atoms with Crippen molar-refractivity contribution in [1.29, 1.82) is 0 Å². The molecule has 0 saturated heterocycles. The molecule has 0 amide bonds. The van der Waals surface area contributed by atoms with Crippen LogP contribution in [0.25, 0.3) is 22.1 Å². The van der Waals surface area contributed by atoms with E-state index in [4.69, 9.17) is 0 Å². The Kier molecular flexibility index (Phi) is 3.14. The topological polar surface area (TPSA) is 91.8 Å². The van der Waals surface area contributed by atoms with Gasteiger partial charge in [0.15, 0.2) is 11.2 Å². The minimum absolute atomic E-state index is 0.0459. The Labute approximate surface area is 140 Å². The van der Waals surface area contributed by atoms with Gasteiger partial charge in [-0.15, -0.1) is 0 Å². The Hall–Kier alpha value is -3.55. The molecule has 0 spiro atoms. The maximum absolute atomic E-state index is 12.8. The molecular formula is C17H13N5O3. The van der Waals surface area contributed by atoms with Gasteiger partial charge in [0.1, 0.15) is 12.0 Å². The quantitative estimate of drug-likeness (QED) is 0.510. The number of nitrogens with zero attached hydrogens (tertiary/aromatic N) is 5. The van der Waals surface area contributed by atoms with E-state index in [9.17, 15) is 14.4 Å². The van der Waals surface area contributed by atoms with E-state index in [2.05, 4.69) is 9.97 Å². The third-order valence-electron chi connectivity index (χ3n) is 4.18. The third-order valence-corrected chi connectivity index (χ3v) is 4.18. The van der Waals surface area contributed by atoms with E-state index in [0.717, 1.165) is 14.5 Å². The molecule has 0 unspecified atom stereocenters. The SMILES string of the molecule is Cn1c(=O)c2c(ncn2C(=O)c2ccc3ccccc3n2)n(C)c1=O. The summed E-state index contributed by atoms with van der Waals surface area (Å²) in [5, 5.41) is 0.910. The van der Waals surface area contributed by atoms with Crippen LogP contribution in [0.1, 0.15) is 10.5 Å². The van der Waals surface area contributed by atoms with Gasteiger partial charge in [0.05, 0.1) is 5.52 Å². The summed E-state index contributed by atoms with van der Waals surface area (Å²) in [4.78, 5) is 45.7. The van der Waals surface area contributed by atoms with Crippen LogP contribution in [0.5, 0.6) is 0 Å². The summed E-state index contributed by atoms with van der Waals surface area (Å²) in [6, 6.07) is 10.8. The van der Waals surface area contributed by atoms with Crippen LogP contribution in [0, 0.1) is 0 Å². The number of para-hydroxylation sites is 1. The van der Waals surface area contributed by atoms with Crippen LogP contribution >= 0.6 is 0 Å². The van der Waals surface area contributed by atoms with E-state index in [0.29, 0.717) is 5.52 Å². The monoisotopic (exact) mass is 335 g/mol. The number of carbonyl (C=O) groups is 1. The maximum atomic E-state index is 12.8. The second-order valence-electron chi connectivity index (χ2n) is 5.69. The third kappa shape index (κ3) is 2.11. The first-order chi connectivity index (χ1) is 12.0. The zero-order valence-corrected chi connectivity index (χ0v) is 13.5. The van der Waals surface area contributed by atoms with Crippen LogP contribution < -0.4 is 11.2 Å². The van der Waals surface area contributed by atoms with E-state index in [1.54, 1.807) is 18.2 Å². The van der Waals surface area contributed by atoms with E-state index >= 15 is 0 Å². The Morgan fingerprint density at radius 3 is 2.56 bits per heavy atom. The highest BCUT2D eigenvalue weighted by Gasteiger charge is 2.20. The lowest BCUT2D eigenvalue weighted by atomic mass is 10.2. The average Bonchev–Trinajstić information content (AvgIpc) is 3.08. The largest absolute Gasteiger partial charge is 0.332 e. The molecule has 4 rings (SSSR count). The van der Waals surface area contributed by atoms with Crippen molar-refractivity contribution in [1.82, 2.24) is 23.7 Å². The fourth-order valence-electron chi connectivity index (χ4n) is 2.81. The summed E-state index contributed by atoms with van der Waals surface area (Å²) >= 11 is 0. The van der Waals surface area contributed by atoms with Crippen LogP contribution in [0.4, 0.5) is 0 Å². The number of aromatic nitrogens is 5. The number of benzene rings is 1. The van der Waals surface area contributed by atoms with Crippen molar-refractivity contribution in [3.05, 3.63) is 69.3 Å². The molecule has 0 N–H and O–H groups in total. The second kappa shape index (κ2) is 5.23. The number of imidazole rings is 1. The molecule has 0 aliphatic rings. The predicted octanol–water partition coefficient (Wildman–Crippen LogP) is 0.670. The normalized spacial score (nSPS) is 11.3. The first-order valence-electron chi connectivity index (χ1n) is 7.52. The Morgan fingerprint density at radius 2 is 1.76 bits per heavy atom. The van der Waals surface area contributed by atoms with Gasteiger partial charge in [-0.25, -0.2) is 14.8 Å². The minimum atomic E-state index is -0.579. The highest BCUT2D eigenvalue weighted by molar-refractivity contribution is 6.00. The van der Waals surface area contributed by atoms with E-state index in [1.807, 2.05) is 18.2 Å². The zero-order chi connectivity index (χ0) is 17.7. The summed E-state index contributed by atoms with van der Waals surface area (Å²) in [6.07, 6.45) is 1.24. The van der Waals surface area contributed by atoms with Crippen molar-refractivity contribution in [2.45, 2.75) is 0 Å². The van der Waals surface area contributed by atoms with Crippen LogP contribution in [-0.4, -0.2) is 29.6 Å². The Balaban J connectivity index is 1.96. The van der Waals surface area contributed by atoms with E-state index in [-0.39, 0.29) is 16.9 Å². The van der Waals surface area contributed by atoms with Crippen molar-refractivity contribution in [2.75, 3.05) is 0 Å². The number of hydrogen-bond donors (Lipinski definition) is 0. The van der Waals surface area contributed by atoms with Gasteiger partial charge in [0.25, 0.3) is 11.5 Å². The summed E-state index contributed by atoms with van der Waals surface area (Å²) in [5.74, 6) is -0.482. The molecular weight excluding hydrogens is 322 g/mol. The van der Waals surface area contributed by atoms with Gasteiger partial charge in [-0.05, 0) is 12.1 Å². The number of aryl methyl sites for hydroxylation is 1. The van der Waals surface area contributed by atoms with Crippen molar-refractivity contribution >= 4 is 28.0 Å². The van der Waals surface area contributed by atoms with Crippen LogP contribution in [0.2, 0.25) is 0 Å². The molecule has 8 nitrogen and oxygen atoms in total. The van der Waals surface area contributed by atoms with Crippen LogP contribution in [0.3, 0.4) is 0 Å². The van der Waals surface area contributed by atoms with Crippen LogP contribution in [0.15, 0.2) is 52.3 Å². The Bertz CT molecular complexity index is 1280. The number of pyridine rings is 1. The van der Waals surface area contributed by atoms with Gasteiger partial charge in [-0.3, -0.25) is 23.3 Å². The van der Waals surface area contributed by atoms with E-state index < -0.39 is 17.2 Å². The maximum Gasteiger partial charge on any atom is 0.332 e. The molecule has 0 fully saturated rings. The lowest BCUT2D eigenvalue weighted by Crippen LogP contribution is -2.38. The first-order valence-corrected chi connectivity index (χ1v) is 7.52. The molecule has 4 aromatic rings. The van der Waals surface area contributed by atoms with Gasteiger partial charge in [-0.1, -0.05) is 24.3 Å². The van der Waals surface area contributed by atoms with Gasteiger partial charge >= 0.3 is 5.69 Å². The first kappa shape index (κ1) is 15.0. The lowest BCUT2D eigenvalue weighted by Gasteiger charge is -2.06. The van der Waals surface area contributed by atoms with Gasteiger partial charge < -0.3 is 0 Å². The molecule has 3 aromatic heterocycles. The number of hydrogen-bond acceptors (Lipinski definition) is 5. The highest BCUT2D eigenvalue weighted by Crippen LogP contribution is 2.14. The number of rotatable bonds is 1.